The second kappa shape index (κ2) is 7.56. The lowest BCUT2D eigenvalue weighted by molar-refractivity contribution is -0.136. The van der Waals surface area contributed by atoms with Crippen molar-refractivity contribution >= 4 is 5.91 Å². The summed E-state index contributed by atoms with van der Waals surface area (Å²) < 4.78 is 5.17. The van der Waals surface area contributed by atoms with Crippen molar-refractivity contribution in [2.24, 2.45) is 0 Å². The third kappa shape index (κ3) is 4.44. The van der Waals surface area contributed by atoms with E-state index in [4.69, 9.17) is 14.9 Å². The summed E-state index contributed by atoms with van der Waals surface area (Å²) in [5.74, 6) is -0.198. The van der Waals surface area contributed by atoms with Gasteiger partial charge in [0.25, 0.3) is 0 Å². The first kappa shape index (κ1) is 13.4. The van der Waals surface area contributed by atoms with Crippen molar-refractivity contribution in [3.8, 4) is 0 Å². The van der Waals surface area contributed by atoms with Crippen LogP contribution in [-0.4, -0.2) is 85.1 Å². The minimum Gasteiger partial charge on any atom is -0.394 e. The lowest BCUT2D eigenvalue weighted by Crippen LogP contribution is -2.50. The van der Waals surface area contributed by atoms with Crippen LogP contribution >= 0.6 is 0 Å². The fourth-order valence-electron chi connectivity index (χ4n) is 1.68. The number of piperazine rings is 1. The topological polar surface area (TPSA) is 73.2 Å². The molecule has 0 radical (unpaired) electrons. The number of nitrogens with zero attached hydrogens (tertiary/aromatic N) is 2. The van der Waals surface area contributed by atoms with Gasteiger partial charge >= 0.3 is 0 Å². The summed E-state index contributed by atoms with van der Waals surface area (Å²) in [4.78, 5) is 15.1. The van der Waals surface area contributed by atoms with E-state index < -0.39 is 6.61 Å². The summed E-state index contributed by atoms with van der Waals surface area (Å²) >= 11 is 0. The van der Waals surface area contributed by atoms with Crippen LogP contribution in [0.2, 0.25) is 0 Å². The summed E-state index contributed by atoms with van der Waals surface area (Å²) in [6, 6.07) is 0. The summed E-state index contributed by atoms with van der Waals surface area (Å²) in [5, 5.41) is 17.2. The minimum absolute atomic E-state index is 0.0543. The predicted octanol–water partition coefficient (Wildman–Crippen LogP) is -1.87. The molecule has 0 spiro atoms. The number of ether oxygens (including phenoxy) is 1. The molecule has 0 unspecified atom stereocenters. The zero-order valence-electron chi connectivity index (χ0n) is 9.47. The van der Waals surface area contributed by atoms with E-state index in [1.165, 1.54) is 0 Å². The van der Waals surface area contributed by atoms with Gasteiger partial charge in [0.1, 0.15) is 6.61 Å². The summed E-state index contributed by atoms with van der Waals surface area (Å²) in [6.07, 6.45) is 0. The van der Waals surface area contributed by atoms with E-state index in [0.717, 1.165) is 19.6 Å². The second-order valence-corrected chi connectivity index (χ2v) is 3.72. The number of carbonyl (C=O) groups excluding carboxylic acids is 1. The van der Waals surface area contributed by atoms with E-state index in [2.05, 4.69) is 4.90 Å². The molecule has 1 fully saturated rings. The highest BCUT2D eigenvalue weighted by atomic mass is 16.5. The van der Waals surface area contributed by atoms with Gasteiger partial charge < -0.3 is 19.8 Å². The molecule has 1 aliphatic rings. The van der Waals surface area contributed by atoms with Crippen molar-refractivity contribution in [2.75, 3.05) is 59.2 Å². The molecule has 16 heavy (non-hydrogen) atoms. The number of aliphatic hydroxyl groups excluding tert-OH is 2. The monoisotopic (exact) mass is 232 g/mol. The first-order chi connectivity index (χ1) is 7.77. The number of aliphatic hydroxyl groups is 2. The van der Waals surface area contributed by atoms with Crippen LogP contribution in [0.4, 0.5) is 0 Å². The molecule has 0 atom stereocenters. The smallest absolute Gasteiger partial charge is 0.248 e. The minimum atomic E-state index is -0.403. The van der Waals surface area contributed by atoms with Gasteiger partial charge in [-0.15, -0.1) is 0 Å². The van der Waals surface area contributed by atoms with Gasteiger partial charge in [-0.05, 0) is 0 Å². The Morgan fingerprint density at radius 1 is 1.12 bits per heavy atom. The first-order valence-electron chi connectivity index (χ1n) is 5.57. The van der Waals surface area contributed by atoms with Crippen LogP contribution in [0.25, 0.3) is 0 Å². The highest BCUT2D eigenvalue weighted by Gasteiger charge is 2.19. The van der Waals surface area contributed by atoms with Crippen molar-refractivity contribution < 1.29 is 19.7 Å². The molecule has 6 heteroatoms. The van der Waals surface area contributed by atoms with Gasteiger partial charge in [0.2, 0.25) is 5.91 Å². The van der Waals surface area contributed by atoms with E-state index in [-0.39, 0.29) is 12.5 Å². The van der Waals surface area contributed by atoms with Gasteiger partial charge in [0, 0.05) is 32.7 Å². The maximum absolute atomic E-state index is 11.2. The van der Waals surface area contributed by atoms with E-state index in [9.17, 15) is 4.79 Å². The van der Waals surface area contributed by atoms with E-state index in [1.54, 1.807) is 4.90 Å². The Bertz CT molecular complexity index is 205. The van der Waals surface area contributed by atoms with Crippen LogP contribution in [0.5, 0.6) is 0 Å². The molecule has 1 saturated heterocycles. The maximum Gasteiger partial charge on any atom is 0.248 e. The number of hydrogen-bond donors (Lipinski definition) is 2. The van der Waals surface area contributed by atoms with Crippen molar-refractivity contribution in [1.29, 1.82) is 0 Å². The molecule has 0 saturated carbocycles. The fourth-order valence-corrected chi connectivity index (χ4v) is 1.68. The van der Waals surface area contributed by atoms with Crippen LogP contribution < -0.4 is 0 Å². The zero-order chi connectivity index (χ0) is 11.8. The first-order valence-corrected chi connectivity index (χ1v) is 5.57. The Morgan fingerprint density at radius 3 is 2.38 bits per heavy atom. The van der Waals surface area contributed by atoms with Gasteiger partial charge in [-0.2, -0.15) is 0 Å². The number of rotatable bonds is 6. The Morgan fingerprint density at radius 2 is 1.81 bits per heavy atom. The van der Waals surface area contributed by atoms with E-state index in [1.807, 2.05) is 0 Å². The molecule has 94 valence electrons. The molecular weight excluding hydrogens is 212 g/mol. The highest BCUT2D eigenvalue weighted by Crippen LogP contribution is 2.01. The molecular formula is C10H20N2O4. The maximum atomic E-state index is 11.2. The van der Waals surface area contributed by atoms with E-state index in [0.29, 0.717) is 26.3 Å². The summed E-state index contributed by atoms with van der Waals surface area (Å²) in [7, 11) is 0. The van der Waals surface area contributed by atoms with Crippen molar-refractivity contribution in [1.82, 2.24) is 9.80 Å². The third-order valence-corrected chi connectivity index (χ3v) is 2.65. The van der Waals surface area contributed by atoms with Gasteiger partial charge in [0.15, 0.2) is 0 Å². The number of amides is 1. The Balaban J connectivity index is 2.10. The van der Waals surface area contributed by atoms with Crippen LogP contribution in [0.3, 0.4) is 0 Å². The molecule has 1 heterocycles. The lowest BCUT2D eigenvalue weighted by Gasteiger charge is -2.34. The van der Waals surface area contributed by atoms with Gasteiger partial charge in [-0.25, -0.2) is 0 Å². The average Bonchev–Trinajstić information content (AvgIpc) is 2.34. The molecule has 0 aliphatic carbocycles. The van der Waals surface area contributed by atoms with Crippen LogP contribution in [0.1, 0.15) is 0 Å². The standard InChI is InChI=1S/C10H20N2O4/c13-6-8-16-7-5-11-1-3-12(4-2-11)10(15)9-14/h13-14H,1-9H2. The highest BCUT2D eigenvalue weighted by molar-refractivity contribution is 5.77. The molecule has 1 rings (SSSR count). The normalized spacial score (nSPS) is 17.8. The lowest BCUT2D eigenvalue weighted by atomic mass is 10.3. The second-order valence-electron chi connectivity index (χ2n) is 3.72. The quantitative estimate of drug-likeness (QED) is 0.525. The molecule has 0 aromatic heterocycles. The third-order valence-electron chi connectivity index (χ3n) is 2.65. The summed E-state index contributed by atoms with van der Waals surface area (Å²) in [6.45, 7) is 4.41. The molecule has 0 aromatic carbocycles. The van der Waals surface area contributed by atoms with Crippen molar-refractivity contribution in [2.45, 2.75) is 0 Å². The summed E-state index contributed by atoms with van der Waals surface area (Å²) in [5.41, 5.74) is 0. The van der Waals surface area contributed by atoms with Crippen LogP contribution in [0, 0.1) is 0 Å². The molecule has 1 aliphatic heterocycles. The van der Waals surface area contributed by atoms with Crippen LogP contribution in [-0.2, 0) is 9.53 Å². The Labute approximate surface area is 95.4 Å². The van der Waals surface area contributed by atoms with Crippen molar-refractivity contribution in [3.05, 3.63) is 0 Å². The van der Waals surface area contributed by atoms with Gasteiger partial charge in [-0.3, -0.25) is 9.69 Å². The van der Waals surface area contributed by atoms with Crippen molar-refractivity contribution in [3.63, 3.8) is 0 Å². The molecule has 1 amide bonds. The van der Waals surface area contributed by atoms with Gasteiger partial charge in [-0.1, -0.05) is 0 Å². The molecule has 0 aromatic rings. The molecule has 2 N–H and O–H groups in total. The largest absolute Gasteiger partial charge is 0.394 e. The zero-order valence-corrected chi connectivity index (χ0v) is 9.47. The van der Waals surface area contributed by atoms with Crippen LogP contribution in [0.15, 0.2) is 0 Å². The predicted molar refractivity (Wildman–Crippen MR) is 58.0 cm³/mol. The average molecular weight is 232 g/mol. The molecule has 0 bridgehead atoms. The van der Waals surface area contributed by atoms with E-state index >= 15 is 0 Å². The Hall–Kier alpha value is -0.690. The molecule has 6 nitrogen and oxygen atoms in total. The SMILES string of the molecule is O=C(CO)N1CCN(CCOCCO)CC1. The fraction of sp³-hybridized carbons (Fsp3) is 0.900. The Kier molecular flexibility index (Phi) is 6.32. The number of carbonyl (C=O) groups is 1. The van der Waals surface area contributed by atoms with Gasteiger partial charge in [0.05, 0.1) is 19.8 Å². The number of hydrogen-bond acceptors (Lipinski definition) is 5.